The molecule has 0 amide bonds. The van der Waals surface area contributed by atoms with Gasteiger partial charge < -0.3 is 4.90 Å². The third-order valence-corrected chi connectivity index (χ3v) is 9.08. The molecule has 0 aliphatic heterocycles. The van der Waals surface area contributed by atoms with Gasteiger partial charge in [-0.25, -0.2) is 9.37 Å². The van der Waals surface area contributed by atoms with Gasteiger partial charge in [0, 0.05) is 28.3 Å². The van der Waals surface area contributed by atoms with Crippen molar-refractivity contribution < 1.29 is 4.39 Å². The summed E-state index contributed by atoms with van der Waals surface area (Å²) in [5.41, 5.74) is 4.40. The largest absolute Gasteiger partial charge is 0.307 e. The Hall–Kier alpha value is -6.26. The van der Waals surface area contributed by atoms with Gasteiger partial charge in [-0.3, -0.25) is 4.90 Å². The summed E-state index contributed by atoms with van der Waals surface area (Å²) in [5, 5.41) is 9.14. The van der Waals surface area contributed by atoms with Crippen molar-refractivity contribution in [2.45, 2.75) is 0 Å². The van der Waals surface area contributed by atoms with Crippen molar-refractivity contribution in [1.29, 1.82) is 0 Å². The first kappa shape index (κ1) is 27.1. The van der Waals surface area contributed by atoms with E-state index < -0.39 is 0 Å². The molecule has 9 aromatic rings. The molecular formula is C43H28FN3. The molecule has 0 atom stereocenters. The maximum absolute atomic E-state index is 15.5. The van der Waals surface area contributed by atoms with Gasteiger partial charge in [-0.2, -0.15) is 0 Å². The van der Waals surface area contributed by atoms with Crippen LogP contribution in [0.5, 0.6) is 0 Å². The number of halogens is 1. The molecule has 0 saturated heterocycles. The molecule has 0 aliphatic rings. The molecule has 222 valence electrons. The molecule has 0 bridgehead atoms. The Morgan fingerprint density at radius 3 is 1.70 bits per heavy atom. The minimum atomic E-state index is -0.272. The molecule has 9 rings (SSSR count). The molecule has 47 heavy (non-hydrogen) atoms. The molecule has 0 radical (unpaired) electrons. The van der Waals surface area contributed by atoms with E-state index in [4.69, 9.17) is 4.98 Å². The standard InChI is InChI=1S/C43H28FN3/c44-37-14-6-7-15-40(37)46(33-12-2-1-3-13-33)38-25-20-30-19-24-36-39(26-21-31-18-23-35(38)42(30)43(31)36)47(41-16-8-9-27-45-41)34-22-17-29-10-4-5-11-32(29)28-34/h1-28H. The molecule has 0 fully saturated rings. The molecular weight excluding hydrogens is 577 g/mol. The van der Waals surface area contributed by atoms with E-state index in [1.54, 1.807) is 6.07 Å². The second-order valence-corrected chi connectivity index (χ2v) is 11.8. The summed E-state index contributed by atoms with van der Waals surface area (Å²) in [4.78, 5) is 9.09. The van der Waals surface area contributed by atoms with Crippen LogP contribution in [0.25, 0.3) is 43.1 Å². The fourth-order valence-corrected chi connectivity index (χ4v) is 6.97. The summed E-state index contributed by atoms with van der Waals surface area (Å²) in [6, 6.07) is 55.5. The Kier molecular flexibility index (Phi) is 6.32. The van der Waals surface area contributed by atoms with E-state index in [-0.39, 0.29) is 5.82 Å². The van der Waals surface area contributed by atoms with E-state index in [2.05, 4.69) is 102 Å². The lowest BCUT2D eigenvalue weighted by Gasteiger charge is -2.29. The lowest BCUT2D eigenvalue weighted by Crippen LogP contribution is -2.13. The number of hydrogen-bond acceptors (Lipinski definition) is 3. The van der Waals surface area contributed by atoms with Crippen molar-refractivity contribution in [3.63, 3.8) is 0 Å². The highest BCUT2D eigenvalue weighted by atomic mass is 19.1. The number of rotatable bonds is 6. The molecule has 0 N–H and O–H groups in total. The van der Waals surface area contributed by atoms with Gasteiger partial charge in [-0.05, 0) is 93.0 Å². The Bertz CT molecular complexity index is 2550. The Morgan fingerprint density at radius 1 is 0.404 bits per heavy atom. The third kappa shape index (κ3) is 4.45. The van der Waals surface area contributed by atoms with E-state index in [1.165, 1.54) is 22.2 Å². The van der Waals surface area contributed by atoms with E-state index in [0.29, 0.717) is 5.69 Å². The monoisotopic (exact) mass is 605 g/mol. The number of benzene rings is 8. The van der Waals surface area contributed by atoms with Crippen molar-refractivity contribution in [2.24, 2.45) is 0 Å². The van der Waals surface area contributed by atoms with Gasteiger partial charge in [-0.1, -0.05) is 103 Å². The number of fused-ring (bicyclic) bond motifs is 1. The molecule has 3 nitrogen and oxygen atoms in total. The van der Waals surface area contributed by atoms with Crippen LogP contribution in [0, 0.1) is 5.82 Å². The lowest BCUT2D eigenvalue weighted by atomic mass is 9.91. The minimum absolute atomic E-state index is 0.272. The van der Waals surface area contributed by atoms with Crippen molar-refractivity contribution in [3.8, 4) is 0 Å². The smallest absolute Gasteiger partial charge is 0.147 e. The summed E-state index contributed by atoms with van der Waals surface area (Å²) in [7, 11) is 0. The Balaban J connectivity index is 1.32. The van der Waals surface area contributed by atoms with Crippen LogP contribution in [-0.4, -0.2) is 4.98 Å². The van der Waals surface area contributed by atoms with Gasteiger partial charge in [0.1, 0.15) is 11.6 Å². The number of para-hydroxylation sites is 2. The lowest BCUT2D eigenvalue weighted by molar-refractivity contribution is 0.629. The quantitative estimate of drug-likeness (QED) is 0.176. The predicted molar refractivity (Wildman–Crippen MR) is 195 cm³/mol. The number of anilines is 6. The molecule has 0 spiro atoms. The first-order valence-electron chi connectivity index (χ1n) is 15.7. The van der Waals surface area contributed by atoms with E-state index >= 15 is 4.39 Å². The molecule has 0 unspecified atom stereocenters. The van der Waals surface area contributed by atoms with Crippen LogP contribution in [0.2, 0.25) is 0 Å². The SMILES string of the molecule is Fc1ccccc1N(c1ccccc1)c1ccc2ccc3c(N(c4ccc5ccccc5c4)c4ccccn4)ccc4ccc1c2c43. The second-order valence-electron chi connectivity index (χ2n) is 11.8. The van der Waals surface area contributed by atoms with Crippen LogP contribution >= 0.6 is 0 Å². The molecule has 8 aromatic carbocycles. The van der Waals surface area contributed by atoms with E-state index in [1.807, 2.05) is 65.7 Å². The first-order valence-corrected chi connectivity index (χ1v) is 15.7. The highest BCUT2D eigenvalue weighted by molar-refractivity contribution is 6.28. The van der Waals surface area contributed by atoms with Crippen LogP contribution in [0.1, 0.15) is 0 Å². The van der Waals surface area contributed by atoms with Gasteiger partial charge >= 0.3 is 0 Å². The average molecular weight is 606 g/mol. The van der Waals surface area contributed by atoms with Crippen LogP contribution < -0.4 is 9.80 Å². The number of aromatic nitrogens is 1. The van der Waals surface area contributed by atoms with Gasteiger partial charge in [0.25, 0.3) is 0 Å². The van der Waals surface area contributed by atoms with Gasteiger partial charge in [0.05, 0.1) is 17.1 Å². The zero-order valence-corrected chi connectivity index (χ0v) is 25.4. The van der Waals surface area contributed by atoms with Crippen LogP contribution in [0.3, 0.4) is 0 Å². The third-order valence-electron chi connectivity index (χ3n) is 9.08. The van der Waals surface area contributed by atoms with Crippen LogP contribution in [-0.2, 0) is 0 Å². The predicted octanol–water partition coefficient (Wildman–Crippen LogP) is 12.2. The van der Waals surface area contributed by atoms with E-state index in [9.17, 15) is 0 Å². The highest BCUT2D eigenvalue weighted by Gasteiger charge is 2.23. The fourth-order valence-electron chi connectivity index (χ4n) is 6.97. The van der Waals surface area contributed by atoms with Crippen molar-refractivity contribution in [1.82, 2.24) is 4.98 Å². The zero-order chi connectivity index (χ0) is 31.3. The van der Waals surface area contributed by atoms with Crippen molar-refractivity contribution in [2.75, 3.05) is 9.80 Å². The maximum atomic E-state index is 15.5. The fraction of sp³-hybridized carbons (Fsp3) is 0. The number of nitrogens with zero attached hydrogens (tertiary/aromatic N) is 3. The normalized spacial score (nSPS) is 11.5. The summed E-state index contributed by atoms with van der Waals surface area (Å²) in [6.07, 6.45) is 1.84. The Labute approximate surface area is 271 Å². The van der Waals surface area contributed by atoms with Crippen molar-refractivity contribution >= 4 is 77.3 Å². The van der Waals surface area contributed by atoms with Crippen LogP contribution in [0.15, 0.2) is 170 Å². The topological polar surface area (TPSA) is 19.4 Å². The summed E-state index contributed by atoms with van der Waals surface area (Å²) >= 11 is 0. The number of pyridine rings is 1. The molecule has 0 saturated carbocycles. The maximum Gasteiger partial charge on any atom is 0.147 e. The van der Waals surface area contributed by atoms with Crippen LogP contribution in [0.4, 0.5) is 38.6 Å². The summed E-state index contributed by atoms with van der Waals surface area (Å²) < 4.78 is 15.5. The molecule has 1 aromatic heterocycles. The molecule has 1 heterocycles. The molecule has 0 aliphatic carbocycles. The molecule has 4 heteroatoms. The second kappa shape index (κ2) is 11.0. The number of hydrogen-bond donors (Lipinski definition) is 0. The van der Waals surface area contributed by atoms with E-state index in [0.717, 1.165) is 55.5 Å². The summed E-state index contributed by atoms with van der Waals surface area (Å²) in [5.74, 6) is 0.569. The van der Waals surface area contributed by atoms with Gasteiger partial charge in [0.2, 0.25) is 0 Å². The summed E-state index contributed by atoms with van der Waals surface area (Å²) in [6.45, 7) is 0. The van der Waals surface area contributed by atoms with Gasteiger partial charge in [0.15, 0.2) is 0 Å². The zero-order valence-electron chi connectivity index (χ0n) is 25.4. The van der Waals surface area contributed by atoms with Gasteiger partial charge in [-0.15, -0.1) is 0 Å². The average Bonchev–Trinajstić information content (AvgIpc) is 3.13. The Morgan fingerprint density at radius 2 is 1.00 bits per heavy atom. The minimum Gasteiger partial charge on any atom is -0.307 e. The van der Waals surface area contributed by atoms with Crippen molar-refractivity contribution in [3.05, 3.63) is 176 Å². The highest BCUT2D eigenvalue weighted by Crippen LogP contribution is 2.47. The first-order chi connectivity index (χ1) is 23.2.